The van der Waals surface area contributed by atoms with E-state index in [0.717, 1.165) is 47.7 Å². The Morgan fingerprint density at radius 1 is 1.00 bits per heavy atom. The summed E-state index contributed by atoms with van der Waals surface area (Å²) in [5.74, 6) is -1.55. The van der Waals surface area contributed by atoms with Gasteiger partial charge in [-0.15, -0.1) is 0 Å². The molecule has 3 aromatic heterocycles. The fourth-order valence-electron chi connectivity index (χ4n) is 9.17. The van der Waals surface area contributed by atoms with Gasteiger partial charge in [0.1, 0.15) is 17.8 Å². The highest BCUT2D eigenvalue weighted by atomic mass is 19.1. The van der Waals surface area contributed by atoms with Gasteiger partial charge in [0.2, 0.25) is 5.82 Å². The molecule has 3 aliphatic heterocycles. The number of aromatic nitrogens is 4. The van der Waals surface area contributed by atoms with E-state index in [0.29, 0.717) is 84.3 Å². The minimum absolute atomic E-state index is 0.000794. The van der Waals surface area contributed by atoms with E-state index in [1.807, 2.05) is 24.3 Å². The molecule has 0 radical (unpaired) electrons. The first-order valence-corrected chi connectivity index (χ1v) is 20.1. The van der Waals surface area contributed by atoms with Crippen LogP contribution in [0.2, 0.25) is 0 Å². The molecule has 2 N–H and O–H groups in total. The van der Waals surface area contributed by atoms with Crippen molar-refractivity contribution in [2.75, 3.05) is 13.2 Å². The number of nitrogens with zero attached hydrogens (tertiary/aromatic N) is 3. The zero-order valence-corrected chi connectivity index (χ0v) is 32.2. The molecule has 6 heterocycles. The van der Waals surface area contributed by atoms with Crippen molar-refractivity contribution in [3.05, 3.63) is 89.7 Å². The summed E-state index contributed by atoms with van der Waals surface area (Å²) in [7, 11) is 0. The highest BCUT2D eigenvalue weighted by Gasteiger charge is 2.86. The van der Waals surface area contributed by atoms with E-state index >= 15 is 0 Å². The quantitative estimate of drug-likeness (QED) is 0.104. The lowest BCUT2D eigenvalue weighted by Gasteiger charge is -2.49. The van der Waals surface area contributed by atoms with Crippen molar-refractivity contribution in [3.63, 3.8) is 0 Å². The average Bonchev–Trinajstić information content (AvgIpc) is 3.87. The zero-order chi connectivity index (χ0) is 40.1. The highest BCUT2D eigenvalue weighted by Crippen LogP contribution is 2.74. The van der Waals surface area contributed by atoms with Crippen LogP contribution in [0, 0.1) is 17.2 Å². The van der Waals surface area contributed by atoms with Crippen molar-refractivity contribution in [2.24, 2.45) is 11.3 Å². The van der Waals surface area contributed by atoms with Gasteiger partial charge in [-0.2, -0.15) is 4.39 Å². The number of carbonyl (C=O) groups is 3. The van der Waals surface area contributed by atoms with Crippen LogP contribution < -0.4 is 26.9 Å². The zero-order valence-electron chi connectivity index (χ0n) is 32.2. The van der Waals surface area contributed by atoms with E-state index in [4.69, 9.17) is 19.2 Å². The maximum atomic E-state index is 14.2. The third-order valence-corrected chi connectivity index (χ3v) is 12.2. The van der Waals surface area contributed by atoms with Crippen LogP contribution in [-0.2, 0) is 44.2 Å². The number of rotatable bonds is 15. The Morgan fingerprint density at radius 3 is 2.58 bits per heavy atom. The molecule has 2 spiro atoms. The van der Waals surface area contributed by atoms with Crippen molar-refractivity contribution >= 4 is 28.9 Å². The Morgan fingerprint density at radius 2 is 1.79 bits per heavy atom. The molecule has 1 aromatic carbocycles. The molecule has 15 heteroatoms. The summed E-state index contributed by atoms with van der Waals surface area (Å²) in [5, 5.41) is 3.44. The van der Waals surface area contributed by atoms with Crippen molar-refractivity contribution in [1.82, 2.24) is 24.4 Å². The number of benzene rings is 1. The largest absolute Gasteiger partial charge is 0.494 e. The van der Waals surface area contributed by atoms with Gasteiger partial charge < -0.3 is 24.1 Å². The molecule has 57 heavy (non-hydrogen) atoms. The van der Waals surface area contributed by atoms with Crippen LogP contribution in [0.25, 0.3) is 22.3 Å². The van der Waals surface area contributed by atoms with Crippen LogP contribution in [0.1, 0.15) is 107 Å². The molecule has 1 saturated carbocycles. The second kappa shape index (κ2) is 15.1. The van der Waals surface area contributed by atoms with Gasteiger partial charge in [0.05, 0.1) is 41.8 Å². The number of carbonyl (C=O) groups excluding carboxylic acids is 3. The smallest absolute Gasteiger partial charge is 0.357 e. The number of pyridine rings is 2. The SMILES string of the molecule is CCCCCCCCC1CC12C(=O)O[C@@]21C(=O)OCc2c1cc1n(c2=O)Cc2c-1nc1ccc(OCCCCCNC(=O)n3cc(F)c(=O)[nH]c3=O)cc1c2CC. The minimum atomic E-state index is -1.61. The van der Waals surface area contributed by atoms with Crippen LogP contribution in [-0.4, -0.2) is 50.2 Å². The maximum absolute atomic E-state index is 14.2. The topological polar surface area (TPSA) is 181 Å². The van der Waals surface area contributed by atoms with E-state index < -0.39 is 40.1 Å². The molecule has 1 saturated heterocycles. The Bertz CT molecular complexity index is 2490. The van der Waals surface area contributed by atoms with E-state index in [9.17, 15) is 33.2 Å². The molecule has 1 aliphatic carbocycles. The first-order valence-electron chi connectivity index (χ1n) is 20.1. The number of unbranched alkanes of at least 4 members (excludes halogenated alkanes) is 7. The fraction of sp³-hybridized carbons (Fsp3) is 0.500. The first kappa shape index (κ1) is 38.3. The predicted molar refractivity (Wildman–Crippen MR) is 205 cm³/mol. The molecule has 0 bridgehead atoms. The normalized spacial score (nSPS) is 21.1. The Labute approximate surface area is 326 Å². The van der Waals surface area contributed by atoms with Crippen molar-refractivity contribution in [2.45, 2.75) is 110 Å². The molecular formula is C42H46FN5O9. The summed E-state index contributed by atoms with van der Waals surface area (Å²) in [6.07, 6.45) is 11.3. The van der Waals surface area contributed by atoms with Crippen molar-refractivity contribution < 1.29 is 33.0 Å². The van der Waals surface area contributed by atoms with Crippen LogP contribution in [0.15, 0.2) is 44.8 Å². The first-order chi connectivity index (χ1) is 27.5. The summed E-state index contributed by atoms with van der Waals surface area (Å²) in [6.45, 7) is 5.02. The molecule has 4 aromatic rings. The second-order valence-electron chi connectivity index (χ2n) is 15.6. The number of fused-ring (bicyclic) bond motifs is 7. The summed E-state index contributed by atoms with van der Waals surface area (Å²) in [5.41, 5.74) is -0.338. The van der Waals surface area contributed by atoms with Gasteiger partial charge in [0, 0.05) is 23.1 Å². The average molecular weight is 784 g/mol. The molecule has 300 valence electrons. The number of esters is 2. The number of H-pyrrole nitrogens is 1. The number of halogens is 1. The molecule has 2 fully saturated rings. The number of amides is 1. The second-order valence-corrected chi connectivity index (χ2v) is 15.6. The number of cyclic esters (lactones) is 1. The summed E-state index contributed by atoms with van der Waals surface area (Å²) >= 11 is 0. The van der Waals surface area contributed by atoms with Gasteiger partial charge in [0.15, 0.2) is 0 Å². The van der Waals surface area contributed by atoms with Crippen molar-refractivity contribution in [1.29, 1.82) is 0 Å². The Balaban J connectivity index is 0.961. The van der Waals surface area contributed by atoms with Gasteiger partial charge in [-0.3, -0.25) is 19.4 Å². The maximum Gasteiger partial charge on any atom is 0.357 e. The molecule has 14 nitrogen and oxygen atoms in total. The summed E-state index contributed by atoms with van der Waals surface area (Å²) in [4.78, 5) is 83.1. The molecule has 1 amide bonds. The monoisotopic (exact) mass is 783 g/mol. The number of aromatic amines is 1. The third kappa shape index (κ3) is 6.25. The van der Waals surface area contributed by atoms with Crippen LogP contribution in [0.3, 0.4) is 0 Å². The minimum Gasteiger partial charge on any atom is -0.494 e. The Hall–Kier alpha value is -5.60. The van der Waals surface area contributed by atoms with Crippen LogP contribution >= 0.6 is 0 Å². The number of ether oxygens (including phenoxy) is 3. The van der Waals surface area contributed by atoms with Gasteiger partial charge in [-0.1, -0.05) is 52.4 Å². The number of nitrogens with one attached hydrogen (secondary N) is 2. The Kier molecular flexibility index (Phi) is 10.1. The number of hydrogen-bond donors (Lipinski definition) is 2. The standard InChI is InChI=1S/C42H46FN5O9/c1-3-5-6-7-8-10-13-24-20-41(24)37(51)57-42(41)30-19-33-34-28(21-47(33)36(50)29(30)23-56-38(42)52)26(4-2)27-18-25(14-15-32(27)45-34)55-17-12-9-11-16-44-39(53)48-22-31(43)35(49)46-40(48)54/h14-15,18-19,22,24H,3-13,16-17,20-21,23H2,1-2H3,(H,44,53)(H,46,49,54)/t24?,41?,42-/m0/s1. The molecular weight excluding hydrogens is 737 g/mol. The van der Waals surface area contributed by atoms with E-state index in [-0.39, 0.29) is 30.6 Å². The lowest BCUT2D eigenvalue weighted by atomic mass is 9.69. The third-order valence-electron chi connectivity index (χ3n) is 12.2. The predicted octanol–water partition coefficient (Wildman–Crippen LogP) is 5.35. The molecule has 2 unspecified atom stereocenters. The number of aryl methyl sites for hydroxylation is 1. The number of hydrogen-bond acceptors (Lipinski definition) is 10. The highest BCUT2D eigenvalue weighted by molar-refractivity contribution is 6.03. The van der Waals surface area contributed by atoms with E-state index in [2.05, 4.69) is 19.2 Å². The van der Waals surface area contributed by atoms with E-state index in [1.165, 1.54) is 19.3 Å². The van der Waals surface area contributed by atoms with Crippen LogP contribution in [0.5, 0.6) is 5.75 Å². The van der Waals surface area contributed by atoms with E-state index in [1.54, 1.807) is 9.55 Å². The van der Waals surface area contributed by atoms with Crippen LogP contribution in [0.4, 0.5) is 9.18 Å². The van der Waals surface area contributed by atoms with Gasteiger partial charge >= 0.3 is 23.7 Å². The molecule has 8 rings (SSSR count). The van der Waals surface area contributed by atoms with Gasteiger partial charge in [-0.05, 0) is 74.3 Å². The summed E-state index contributed by atoms with van der Waals surface area (Å²) in [6, 6.07) is 6.70. The molecule has 4 aliphatic rings. The van der Waals surface area contributed by atoms with Gasteiger partial charge in [0.25, 0.3) is 16.7 Å². The van der Waals surface area contributed by atoms with Crippen molar-refractivity contribution in [3.8, 4) is 17.1 Å². The summed E-state index contributed by atoms with van der Waals surface area (Å²) < 4.78 is 33.2. The lowest BCUT2D eigenvalue weighted by Crippen LogP contribution is -2.65. The molecule has 3 atom stereocenters. The van der Waals surface area contributed by atoms with Gasteiger partial charge in [-0.25, -0.2) is 23.9 Å². The fourth-order valence-corrected chi connectivity index (χ4v) is 9.17. The lowest BCUT2D eigenvalue weighted by molar-refractivity contribution is -0.241.